The molecular weight excluding hydrogens is 2080 g/mol. The lowest BCUT2D eigenvalue weighted by Crippen LogP contribution is -2.46. The van der Waals surface area contributed by atoms with E-state index >= 15 is 8.96 Å². The van der Waals surface area contributed by atoms with Crippen molar-refractivity contribution < 1.29 is 86.3 Å². The lowest BCUT2D eigenvalue weighted by Gasteiger charge is -2.37. The molecule has 5 saturated heterocycles. The smallest absolute Gasteiger partial charge is 0.478 e. The summed E-state index contributed by atoms with van der Waals surface area (Å²) in [5.74, 6) is -0.361. The number of aromatic carboxylic acids is 1. The molecule has 10 aromatic carbocycles. The van der Waals surface area contributed by atoms with Crippen LogP contribution in [0.3, 0.4) is 0 Å². The molecule has 0 bridgehead atoms. The van der Waals surface area contributed by atoms with E-state index in [1.54, 1.807) is 71.9 Å². The third kappa shape index (κ3) is 25.4. The number of carboxylic acids is 1. The summed E-state index contributed by atoms with van der Waals surface area (Å²) in [7, 11) is -18.1. The molecule has 0 amide bonds. The molecule has 40 heteroatoms. The van der Waals surface area contributed by atoms with Gasteiger partial charge in [0.2, 0.25) is 0 Å². The van der Waals surface area contributed by atoms with Crippen molar-refractivity contribution in [2.45, 2.75) is 123 Å². The topological polar surface area (TPSA) is 304 Å². The van der Waals surface area contributed by atoms with Gasteiger partial charge in [0.25, 0.3) is 15.5 Å². The fraction of sp³-hybridized carbons (Fsp3) is 0.361. The molecule has 7 heterocycles. The maximum absolute atomic E-state index is 15.8. The summed E-state index contributed by atoms with van der Waals surface area (Å²) >= 11 is 15.8. The normalized spacial score (nSPS) is 17.8. The van der Waals surface area contributed by atoms with Crippen LogP contribution in [0.25, 0.3) is 44.8 Å². The molecule has 148 heavy (non-hydrogen) atoms. The second kappa shape index (κ2) is 46.9. The zero-order valence-electron chi connectivity index (χ0n) is 83.7. The number of aromatic nitrogens is 2. The summed E-state index contributed by atoms with van der Waals surface area (Å²) in [6.07, 6.45) is 3.18. The third-order valence-corrected chi connectivity index (χ3v) is 39.2. The lowest BCUT2D eigenvalue weighted by molar-refractivity contribution is -0.385. The lowest BCUT2D eigenvalue weighted by atomic mass is 9.96. The minimum absolute atomic E-state index is 0.0179. The van der Waals surface area contributed by atoms with Crippen molar-refractivity contribution in [2.75, 3.05) is 166 Å². The quantitative estimate of drug-likeness (QED) is 0.0108. The molecule has 3 N–H and O–H groups in total. The zero-order chi connectivity index (χ0) is 106. The highest BCUT2D eigenvalue weighted by Gasteiger charge is 2.50. The van der Waals surface area contributed by atoms with E-state index in [2.05, 4.69) is 46.1 Å². The Morgan fingerprint density at radius 1 is 0.547 bits per heavy atom. The Bertz CT molecular complexity index is 7170. The number of sulfone groups is 2. The molecule has 17 rings (SSSR count). The molecule has 5 fully saturated rings. The number of piperidine rings is 1. The fourth-order valence-corrected chi connectivity index (χ4v) is 30.4. The molecule has 1 unspecified atom stereocenters. The van der Waals surface area contributed by atoms with E-state index in [0.717, 1.165) is 74.0 Å². The van der Waals surface area contributed by atoms with Gasteiger partial charge < -0.3 is 62.5 Å². The minimum Gasteiger partial charge on any atom is -0.478 e. The van der Waals surface area contributed by atoms with Gasteiger partial charge in [0.05, 0.1) is 74.7 Å². The summed E-state index contributed by atoms with van der Waals surface area (Å²) in [5, 5.41) is 24.4. The van der Waals surface area contributed by atoms with E-state index < -0.39 is 70.8 Å². The van der Waals surface area contributed by atoms with Gasteiger partial charge in [-0.15, -0.1) is 23.5 Å². The van der Waals surface area contributed by atoms with Gasteiger partial charge in [-0.25, -0.2) is 30.6 Å². The molecule has 12 aromatic rings. The molecule has 0 radical (unpaired) electrons. The van der Waals surface area contributed by atoms with Gasteiger partial charge in [-0.1, -0.05) is 108 Å². The molecular formula is C108H122Cl2F4N11O16P3S4. The predicted octanol–water partition coefficient (Wildman–Crippen LogP) is 23.4. The van der Waals surface area contributed by atoms with E-state index in [1.165, 1.54) is 53.0 Å². The van der Waals surface area contributed by atoms with Gasteiger partial charge in [0.1, 0.15) is 5.82 Å². The largest absolute Gasteiger partial charge is 0.501 e. The van der Waals surface area contributed by atoms with Crippen LogP contribution >= 0.6 is 69.6 Å². The number of rotatable bonds is 36. The van der Waals surface area contributed by atoms with Crippen LogP contribution in [0.2, 0.25) is 10.0 Å². The molecule has 0 spiro atoms. The summed E-state index contributed by atoms with van der Waals surface area (Å²) in [6.45, 7) is 19.7. The number of benzene rings is 10. The van der Waals surface area contributed by atoms with Gasteiger partial charge >= 0.3 is 34.3 Å². The predicted molar refractivity (Wildman–Crippen MR) is 586 cm³/mol. The van der Waals surface area contributed by atoms with Crippen LogP contribution < -0.4 is 39.5 Å². The highest BCUT2D eigenvalue weighted by Crippen LogP contribution is 2.59. The number of likely N-dealkylation sites (tertiary alicyclic amines) is 1. The summed E-state index contributed by atoms with van der Waals surface area (Å²) in [5.41, 5.74) is 6.39. The number of anilines is 6. The van der Waals surface area contributed by atoms with Gasteiger partial charge in [0.15, 0.2) is 9.84 Å². The third-order valence-electron chi connectivity index (χ3n) is 27.8. The van der Waals surface area contributed by atoms with Crippen molar-refractivity contribution in [3.63, 3.8) is 0 Å². The Balaban J connectivity index is 0.000000213. The zero-order valence-corrected chi connectivity index (χ0v) is 91.1. The number of phosphoric ester groups is 1. The number of thioether (sulfide) groups is 2. The monoisotopic (exact) mass is 2200 g/mol. The highest BCUT2D eigenvalue weighted by molar-refractivity contribution is 7.99. The first-order chi connectivity index (χ1) is 70.4. The standard InChI is InChI=1S/C56H63ClF3N5O10P2S2.C52H59ClFN6O6PS2/c1-38(2)65-39(3)52(55(66)67)53(54(65)41-12-15-44(57)16-13-41)43-8-7-9-47(35-43)63-30-28-62(29-31-63)45-17-19-46(20-18-45)64-32-33-74-76(64,68)49-21-14-42(51(36-49)79(72,73)56(58,59)60)34-40(37-78-50-10-5-4-6-11-50)22-25-61-26-23-48(24-27-61)75-77(69,70)71;1-36(2)59-37(3)52(69(6,64)65)50(51(59)39-12-15-42(53)16-13-39)41-31-43(54)33-46(32-41)57-26-24-56(25-27-57)44-17-19-45(20-18-44)58-28-29-66-67(58,63)47-21-14-40(49(34-47)60(61)62)30-38(22-23-55(4)5)35-68-48-10-8-7-9-11-48/h4-21,35-36,38,40,48H,22-34,37H2,1-3H3,(H,66,67)(H2,69,70,71);7-21,31-34,36,38H,22-30,35H2,1-6H3/t40-,76+;38-,67?/m00/s1. The van der Waals surface area contributed by atoms with Crippen LogP contribution in [0.4, 0.5) is 57.4 Å². The maximum atomic E-state index is 15.8. The number of carboxylic acid groups (broad SMARTS) is 1. The minimum atomic E-state index is -5.94. The van der Waals surface area contributed by atoms with Crippen molar-refractivity contribution in [3.05, 3.63) is 291 Å². The number of hydrogen-bond acceptors (Lipinski definition) is 21. The molecule has 0 aliphatic carbocycles. The first kappa shape index (κ1) is 110. The average molecular weight is 2200 g/mol. The number of nitro groups is 1. The van der Waals surface area contributed by atoms with Gasteiger partial charge in [-0.3, -0.25) is 33.1 Å². The van der Waals surface area contributed by atoms with Crippen molar-refractivity contribution >= 4 is 146 Å². The van der Waals surface area contributed by atoms with E-state index in [4.69, 9.17) is 36.8 Å². The Morgan fingerprint density at radius 2 is 1.00 bits per heavy atom. The number of hydrogen-bond donors (Lipinski definition) is 3. The SMILES string of the molecule is Cc1c(C(=O)O)c(-c2cccc(N3CCN(c4ccc(N5CCO[P@]5(=O)c5ccc(C[C@H](CCN6CCC(OP(=O)(O)O)CC6)CSc6ccccc6)c(S(=O)(=O)C(F)(F)F)c5)cc4)CC3)c2)c(-c2ccc(Cl)cc2)n1C(C)C.Cc1c(S(C)(=O)=O)c(-c2cc(F)cc(N3CCN(c4ccc(N5CCOP5(=O)c5ccc(C[C@H](CCN(C)C)CSc6ccccc6)c([N+](=O)[O-])c5)cc4)CC3)c2)c(-c2ccc(Cl)cc2)n1C(C)C. The van der Waals surface area contributed by atoms with Gasteiger partial charge in [-0.2, -0.15) is 13.2 Å². The van der Waals surface area contributed by atoms with E-state index in [-0.39, 0.29) is 82.0 Å². The van der Waals surface area contributed by atoms with Crippen LogP contribution in [-0.2, 0) is 59.8 Å². The number of carbonyl (C=O) groups is 1. The molecule has 5 aliphatic heterocycles. The molecule has 5 aliphatic rings. The van der Waals surface area contributed by atoms with E-state index in [0.29, 0.717) is 182 Å². The van der Waals surface area contributed by atoms with Crippen molar-refractivity contribution in [1.82, 2.24) is 18.9 Å². The summed E-state index contributed by atoms with van der Waals surface area (Å²) < 4.78 is 179. The van der Waals surface area contributed by atoms with Crippen LogP contribution in [0, 0.1) is 41.6 Å². The van der Waals surface area contributed by atoms with Gasteiger partial charge in [-0.05, 0) is 292 Å². The molecule has 786 valence electrons. The second-order valence-electron chi connectivity index (χ2n) is 38.7. The molecule has 0 saturated carbocycles. The van der Waals surface area contributed by atoms with Crippen molar-refractivity contribution in [2.24, 2.45) is 11.8 Å². The summed E-state index contributed by atoms with van der Waals surface area (Å²) in [6, 6.07) is 70.5. The van der Waals surface area contributed by atoms with Crippen molar-refractivity contribution in [3.8, 4) is 44.8 Å². The number of halogens is 6. The Morgan fingerprint density at radius 3 is 1.47 bits per heavy atom. The van der Waals surface area contributed by atoms with Crippen LogP contribution in [-0.4, -0.2) is 210 Å². The number of piperazine rings is 2. The van der Waals surface area contributed by atoms with E-state index in [1.807, 2.05) is 193 Å². The molecule has 27 nitrogen and oxygen atoms in total. The van der Waals surface area contributed by atoms with Crippen LogP contribution in [0.15, 0.2) is 256 Å². The second-order valence-corrected chi connectivity index (χ2v) is 51.5. The van der Waals surface area contributed by atoms with Crippen LogP contribution in [0.1, 0.15) is 98.3 Å². The molecule has 2 aromatic heterocycles. The number of phosphoric acid groups is 1. The maximum Gasteiger partial charge on any atom is 0.501 e. The highest BCUT2D eigenvalue weighted by atomic mass is 35.5. The number of alkyl halides is 3. The van der Waals surface area contributed by atoms with Crippen molar-refractivity contribution in [1.29, 1.82) is 0 Å². The summed E-state index contributed by atoms with van der Waals surface area (Å²) in [4.78, 5) is 58.0. The Hall–Kier alpha value is -10.3. The first-order valence-corrected chi connectivity index (χ1v) is 60.0. The van der Waals surface area contributed by atoms with Crippen LogP contribution in [0.5, 0.6) is 0 Å². The Kier molecular flexibility index (Phi) is 35.0. The average Bonchev–Trinajstić information content (AvgIpc) is 1.57. The van der Waals surface area contributed by atoms with Gasteiger partial charge in [0, 0.05) is 183 Å². The first-order valence-electron chi connectivity index (χ1n) is 49.2. The number of nitrogens with zero attached hydrogens (tertiary/aromatic N) is 11. The Labute approximate surface area is 880 Å². The molecule has 4 atom stereocenters. The number of nitro benzene ring substituents is 1. The van der Waals surface area contributed by atoms with E-state index in [9.17, 15) is 68.9 Å². The fourth-order valence-electron chi connectivity index (χ4n) is 20.6.